The van der Waals surface area contributed by atoms with E-state index < -0.39 is 40.7 Å². The molecule has 0 bridgehead atoms. The van der Waals surface area contributed by atoms with Gasteiger partial charge in [0.25, 0.3) is 0 Å². The maximum atomic E-state index is 12.8. The van der Waals surface area contributed by atoms with Crippen LogP contribution in [0, 0.1) is 34.9 Å². The first-order valence-electron chi connectivity index (χ1n) is 12.4. The summed E-state index contributed by atoms with van der Waals surface area (Å²) >= 11 is 5.19. The Morgan fingerprint density at radius 1 is 0.525 bits per heavy atom. The summed E-state index contributed by atoms with van der Waals surface area (Å²) in [7, 11) is 0. The lowest BCUT2D eigenvalue weighted by molar-refractivity contribution is 0.0976. The van der Waals surface area contributed by atoms with Gasteiger partial charge in [-0.15, -0.1) is 11.6 Å². The highest BCUT2D eigenvalue weighted by Crippen LogP contribution is 2.13. The zero-order valence-electron chi connectivity index (χ0n) is 22.6. The van der Waals surface area contributed by atoms with E-state index >= 15 is 0 Å². The van der Waals surface area contributed by atoms with E-state index in [4.69, 9.17) is 11.6 Å². The molecule has 3 nitrogen and oxygen atoms in total. The summed E-state index contributed by atoms with van der Waals surface area (Å²) in [6.07, 6.45) is 3.09. The molecule has 0 amide bonds. The van der Waals surface area contributed by atoms with Crippen LogP contribution in [0.2, 0.25) is 0 Å². The number of hydrogen-bond acceptors (Lipinski definition) is 3. The van der Waals surface area contributed by atoms with Crippen molar-refractivity contribution in [1.82, 2.24) is 0 Å². The molecule has 0 radical (unpaired) electrons. The summed E-state index contributed by atoms with van der Waals surface area (Å²) in [5.74, 6) is -5.97. The van der Waals surface area contributed by atoms with Crippen LogP contribution in [0.4, 0.5) is 26.3 Å². The van der Waals surface area contributed by atoms with E-state index in [0.717, 1.165) is 36.4 Å². The molecule has 0 spiro atoms. The number of Topliss-reactive ketones (excluding diaryl/α,β-unsaturated/α-hetero) is 3. The van der Waals surface area contributed by atoms with Gasteiger partial charge in [-0.05, 0) is 36.4 Å². The van der Waals surface area contributed by atoms with Gasteiger partial charge in [-0.3, -0.25) is 14.4 Å². The van der Waals surface area contributed by atoms with Gasteiger partial charge >= 0.3 is 0 Å². The van der Waals surface area contributed by atoms with Gasteiger partial charge in [-0.1, -0.05) is 40.5 Å². The third-order valence-electron chi connectivity index (χ3n) is 4.96. The molecule has 0 N–H and O–H groups in total. The summed E-state index contributed by atoms with van der Waals surface area (Å²) in [6, 6.07) is 8.65. The summed E-state index contributed by atoms with van der Waals surface area (Å²) in [4.78, 5) is 32.8. The van der Waals surface area contributed by atoms with Gasteiger partial charge in [0, 0.05) is 31.0 Å². The van der Waals surface area contributed by atoms with Crippen molar-refractivity contribution >= 4 is 29.0 Å². The van der Waals surface area contributed by atoms with Crippen LogP contribution < -0.4 is 0 Å². The molecule has 0 heterocycles. The van der Waals surface area contributed by atoms with E-state index in [9.17, 15) is 40.7 Å². The standard InChI is InChI=1S/2C9H8F2O.C8H5ClF2O.C4H10/c2*1-2-9(12)7-4-3-6(10)5-8(7)11;9-4-8(12)6-2-1-5(10)3-7(6)11;1-3-4-2/h2*3-5H,2H2,1H3;1-3H,4H2;3-4H2,1-2H3. The average molecular weight is 589 g/mol. The molecule has 0 unspecified atom stereocenters. The molecule has 3 rings (SSSR count). The molecule has 0 saturated heterocycles. The normalized spacial score (nSPS) is 9.68. The second-order valence-corrected chi connectivity index (χ2v) is 8.25. The van der Waals surface area contributed by atoms with Crippen LogP contribution in [0.3, 0.4) is 0 Å². The van der Waals surface area contributed by atoms with Crippen LogP contribution in [0.5, 0.6) is 0 Å². The predicted molar refractivity (Wildman–Crippen MR) is 144 cm³/mol. The molecule has 0 aromatic heterocycles. The van der Waals surface area contributed by atoms with Crippen molar-refractivity contribution in [2.24, 2.45) is 0 Å². The number of unbranched alkanes of at least 4 members (excludes halogenated alkanes) is 1. The quantitative estimate of drug-likeness (QED) is 0.157. The van der Waals surface area contributed by atoms with E-state index in [0.29, 0.717) is 18.2 Å². The maximum absolute atomic E-state index is 12.8. The molecule has 0 aliphatic heterocycles. The molecule has 218 valence electrons. The Morgan fingerprint density at radius 2 is 0.800 bits per heavy atom. The molecule has 0 aliphatic rings. The second-order valence-electron chi connectivity index (χ2n) is 7.98. The molecule has 10 heteroatoms. The average Bonchev–Trinajstić information content (AvgIpc) is 2.92. The molecule has 40 heavy (non-hydrogen) atoms. The monoisotopic (exact) mass is 588 g/mol. The predicted octanol–water partition coefficient (Wildman–Crippen LogP) is 9.31. The van der Waals surface area contributed by atoms with Crippen LogP contribution in [0.15, 0.2) is 54.6 Å². The fourth-order valence-corrected chi connectivity index (χ4v) is 2.74. The van der Waals surface area contributed by atoms with Crippen LogP contribution in [-0.2, 0) is 0 Å². The number of benzene rings is 3. The first-order valence-corrected chi connectivity index (χ1v) is 12.9. The van der Waals surface area contributed by atoms with E-state index in [-0.39, 0.29) is 47.0 Å². The van der Waals surface area contributed by atoms with Crippen molar-refractivity contribution in [3.8, 4) is 0 Å². The smallest absolute Gasteiger partial charge is 0.180 e. The number of carbonyl (C=O) groups is 3. The highest BCUT2D eigenvalue weighted by atomic mass is 35.5. The summed E-state index contributed by atoms with van der Waals surface area (Å²) < 4.78 is 75.5. The third kappa shape index (κ3) is 13.1. The third-order valence-corrected chi connectivity index (χ3v) is 5.20. The van der Waals surface area contributed by atoms with Gasteiger partial charge in [0.1, 0.15) is 34.9 Å². The van der Waals surface area contributed by atoms with Crippen LogP contribution in [-0.4, -0.2) is 23.2 Å². The highest BCUT2D eigenvalue weighted by molar-refractivity contribution is 6.30. The highest BCUT2D eigenvalue weighted by Gasteiger charge is 2.11. The Bertz CT molecular complexity index is 1110. The lowest BCUT2D eigenvalue weighted by atomic mass is 10.1. The van der Waals surface area contributed by atoms with Crippen molar-refractivity contribution in [2.75, 3.05) is 5.88 Å². The molecule has 0 fully saturated rings. The van der Waals surface area contributed by atoms with E-state index in [1.54, 1.807) is 13.8 Å². The molecule has 3 aromatic rings. The van der Waals surface area contributed by atoms with Gasteiger partial charge in [0.15, 0.2) is 17.3 Å². The van der Waals surface area contributed by atoms with Gasteiger partial charge in [-0.2, -0.15) is 0 Å². The number of hydrogen-bond donors (Lipinski definition) is 0. The van der Waals surface area contributed by atoms with E-state index in [2.05, 4.69) is 13.8 Å². The largest absolute Gasteiger partial charge is 0.294 e. The fourth-order valence-electron chi connectivity index (χ4n) is 2.60. The first kappa shape index (κ1) is 36.5. The lowest BCUT2D eigenvalue weighted by Crippen LogP contribution is -2.03. The Kier molecular flexibility index (Phi) is 17.9. The SMILES string of the molecule is CCC(=O)c1ccc(F)cc1F.CCC(=O)c1ccc(F)cc1F.CCCC.O=C(CCl)c1ccc(F)cc1F. The van der Waals surface area contributed by atoms with Crippen molar-refractivity contribution in [1.29, 1.82) is 0 Å². The van der Waals surface area contributed by atoms with E-state index in [1.165, 1.54) is 12.8 Å². The van der Waals surface area contributed by atoms with Gasteiger partial charge in [0.2, 0.25) is 0 Å². The number of carbonyl (C=O) groups excluding carboxylic acids is 3. The van der Waals surface area contributed by atoms with Crippen LogP contribution in [0.1, 0.15) is 84.5 Å². The Morgan fingerprint density at radius 3 is 1.00 bits per heavy atom. The minimum atomic E-state index is -0.874. The van der Waals surface area contributed by atoms with Crippen molar-refractivity contribution in [3.63, 3.8) is 0 Å². The molecule has 0 saturated carbocycles. The first-order chi connectivity index (χ1) is 18.9. The Balaban J connectivity index is 0.000000534. The lowest BCUT2D eigenvalue weighted by Gasteiger charge is -1.98. The zero-order valence-corrected chi connectivity index (χ0v) is 23.4. The topological polar surface area (TPSA) is 51.2 Å². The molecular weight excluding hydrogens is 558 g/mol. The fraction of sp³-hybridized carbons (Fsp3) is 0.300. The number of alkyl halides is 1. The van der Waals surface area contributed by atoms with Crippen LogP contribution >= 0.6 is 11.6 Å². The van der Waals surface area contributed by atoms with Gasteiger partial charge < -0.3 is 0 Å². The van der Waals surface area contributed by atoms with Gasteiger partial charge in [-0.25, -0.2) is 26.3 Å². The summed E-state index contributed by atoms with van der Waals surface area (Å²) in [5.41, 5.74) is -0.260. The molecular formula is C30H31ClF6O3. The zero-order chi connectivity index (χ0) is 30.8. The number of ketones is 3. The minimum Gasteiger partial charge on any atom is -0.294 e. The molecule has 0 aliphatic carbocycles. The Labute approximate surface area is 235 Å². The van der Waals surface area contributed by atoms with Crippen molar-refractivity contribution in [3.05, 3.63) is 106 Å². The molecule has 0 atom stereocenters. The van der Waals surface area contributed by atoms with Gasteiger partial charge in [0.05, 0.1) is 22.6 Å². The molecule has 3 aromatic carbocycles. The maximum Gasteiger partial charge on any atom is 0.180 e. The number of halogens is 7. The minimum absolute atomic E-state index is 0.0427. The van der Waals surface area contributed by atoms with Crippen LogP contribution in [0.25, 0.3) is 0 Å². The summed E-state index contributed by atoms with van der Waals surface area (Å²) in [5, 5.41) is 0. The van der Waals surface area contributed by atoms with Crippen molar-refractivity contribution in [2.45, 2.75) is 53.4 Å². The van der Waals surface area contributed by atoms with Crippen molar-refractivity contribution < 1.29 is 40.7 Å². The summed E-state index contributed by atoms with van der Waals surface area (Å²) in [6.45, 7) is 7.62. The van der Waals surface area contributed by atoms with E-state index in [1.807, 2.05) is 0 Å². The second kappa shape index (κ2) is 19.6. The Hall–Kier alpha value is -3.46. The number of rotatable bonds is 7.